The van der Waals surface area contributed by atoms with Crippen LogP contribution in [0.15, 0.2) is 195 Å². The Kier molecular flexibility index (Phi) is 7.62. The van der Waals surface area contributed by atoms with Gasteiger partial charge in [-0.1, -0.05) is 54.6 Å². The van der Waals surface area contributed by atoms with Gasteiger partial charge in [0.15, 0.2) is 0 Å². The first kappa shape index (κ1) is 32.4. The van der Waals surface area contributed by atoms with Crippen LogP contribution >= 0.6 is 0 Å². The molecule has 0 N–H and O–H groups in total. The van der Waals surface area contributed by atoms with Crippen LogP contribution in [0.1, 0.15) is 0 Å². The summed E-state index contributed by atoms with van der Waals surface area (Å²) in [7, 11) is 0. The van der Waals surface area contributed by atoms with Crippen molar-refractivity contribution in [2.75, 3.05) is 0 Å². The maximum Gasteiger partial charge on any atom is 0.503 e. The SMILES string of the molecule is C1=[N+](c2cccc(Oc3ccc4c5ccccc5n(-c5ccccn5)c4c3)c2)c2ccc3ccccc3c2[N+]=1c1c(-c2ccncc2)cccc1-c1ccncc1. The van der Waals surface area contributed by atoms with E-state index in [0.717, 1.165) is 83.8 Å². The molecule has 57 heavy (non-hydrogen) atoms. The molecular formula is C50H32N6O+2. The van der Waals surface area contributed by atoms with E-state index in [9.17, 15) is 0 Å². The molecule has 4 aromatic heterocycles. The fourth-order valence-electron chi connectivity index (χ4n) is 8.10. The summed E-state index contributed by atoms with van der Waals surface area (Å²) in [6, 6.07) is 60.3. The summed E-state index contributed by atoms with van der Waals surface area (Å²) in [5.74, 6) is 2.30. The molecule has 0 saturated carbocycles. The van der Waals surface area contributed by atoms with Crippen LogP contribution in [0, 0.1) is 0 Å². The molecule has 11 rings (SSSR count). The molecule has 266 valence electrons. The van der Waals surface area contributed by atoms with Gasteiger partial charge in [0.2, 0.25) is 11.4 Å². The molecule has 1 aliphatic heterocycles. The van der Waals surface area contributed by atoms with Crippen LogP contribution in [0.5, 0.6) is 11.5 Å². The summed E-state index contributed by atoms with van der Waals surface area (Å²) in [4.78, 5) is 13.4. The standard InChI is InChI=1S/C50H32N6O/c1-2-12-42-34(9-1)18-21-46-50(42)55(49-40(35-22-27-51-28-23-35)14-8-15-41(49)36-24-29-52-30-25-36)33-54(46)37-10-7-11-38(31-37)57-39-19-20-44-43-13-3-4-16-45(43)56(47(44)32-39)48-17-5-6-26-53-48/h1-32H/q+2. The highest BCUT2D eigenvalue weighted by atomic mass is 16.5. The van der Waals surface area contributed by atoms with Gasteiger partial charge >= 0.3 is 11.7 Å². The second-order valence-electron chi connectivity index (χ2n) is 13.9. The quantitative estimate of drug-likeness (QED) is 0.153. The van der Waals surface area contributed by atoms with Gasteiger partial charge in [-0.3, -0.25) is 14.5 Å². The third-order valence-corrected chi connectivity index (χ3v) is 10.6. The monoisotopic (exact) mass is 732 g/mol. The molecule has 0 radical (unpaired) electrons. The highest BCUT2D eigenvalue weighted by Crippen LogP contribution is 2.47. The van der Waals surface area contributed by atoms with Crippen molar-refractivity contribution in [3.05, 3.63) is 195 Å². The number of ether oxygens (including phenoxy) is 1. The lowest BCUT2D eigenvalue weighted by Gasteiger charge is -2.10. The number of fused-ring (bicyclic) bond motifs is 6. The second kappa shape index (κ2) is 13.4. The molecule has 0 spiro atoms. The van der Waals surface area contributed by atoms with Gasteiger partial charge in [-0.25, -0.2) is 4.98 Å². The minimum absolute atomic E-state index is 0.713. The van der Waals surface area contributed by atoms with Crippen LogP contribution in [-0.4, -0.2) is 25.5 Å². The molecule has 10 aromatic rings. The summed E-state index contributed by atoms with van der Waals surface area (Å²) < 4.78 is 13.2. The summed E-state index contributed by atoms with van der Waals surface area (Å²) >= 11 is 0. The van der Waals surface area contributed by atoms with Gasteiger partial charge in [-0.05, 0) is 111 Å². The molecule has 0 atom stereocenters. The zero-order chi connectivity index (χ0) is 37.7. The Bertz CT molecular complexity index is 3180. The van der Waals surface area contributed by atoms with Crippen LogP contribution < -0.4 is 13.9 Å². The van der Waals surface area contributed by atoms with Crippen molar-refractivity contribution in [3.63, 3.8) is 0 Å². The van der Waals surface area contributed by atoms with Gasteiger partial charge in [0.1, 0.15) is 17.3 Å². The first-order valence-electron chi connectivity index (χ1n) is 18.8. The van der Waals surface area contributed by atoms with Crippen LogP contribution in [0.4, 0.5) is 22.7 Å². The van der Waals surface area contributed by atoms with Crippen molar-refractivity contribution in [2.45, 2.75) is 0 Å². The highest BCUT2D eigenvalue weighted by molar-refractivity contribution is 6.10. The van der Waals surface area contributed by atoms with Crippen LogP contribution in [-0.2, 0) is 0 Å². The van der Waals surface area contributed by atoms with E-state index in [2.05, 4.69) is 157 Å². The lowest BCUT2D eigenvalue weighted by molar-refractivity contribution is 0.483. The molecule has 0 unspecified atom stereocenters. The fraction of sp³-hybridized carbons (Fsp3) is 0. The minimum atomic E-state index is 0.713. The average molecular weight is 733 g/mol. The predicted octanol–water partition coefficient (Wildman–Crippen LogP) is 12.1. The van der Waals surface area contributed by atoms with Crippen molar-refractivity contribution in [1.82, 2.24) is 28.7 Å². The number of aromatic nitrogens is 4. The zero-order valence-electron chi connectivity index (χ0n) is 30.6. The topological polar surface area (TPSA) is 58.9 Å². The van der Waals surface area contributed by atoms with Crippen LogP contribution in [0.3, 0.4) is 0 Å². The van der Waals surface area contributed by atoms with E-state index >= 15 is 0 Å². The summed E-state index contributed by atoms with van der Waals surface area (Å²) in [6.45, 7) is 0. The van der Waals surface area contributed by atoms with E-state index in [4.69, 9.17) is 9.72 Å². The summed E-state index contributed by atoms with van der Waals surface area (Å²) in [6.07, 6.45) is 9.19. The van der Waals surface area contributed by atoms with E-state index in [1.54, 1.807) is 0 Å². The van der Waals surface area contributed by atoms with E-state index < -0.39 is 0 Å². The second-order valence-corrected chi connectivity index (χ2v) is 13.9. The Morgan fingerprint density at radius 3 is 1.93 bits per heavy atom. The Morgan fingerprint density at radius 1 is 0.474 bits per heavy atom. The normalized spacial score (nSPS) is 12.1. The maximum atomic E-state index is 6.68. The molecule has 0 amide bonds. The summed E-state index contributed by atoms with van der Waals surface area (Å²) in [5.41, 5.74) is 10.4. The van der Waals surface area contributed by atoms with Crippen molar-refractivity contribution in [2.24, 2.45) is 0 Å². The van der Waals surface area contributed by atoms with E-state index in [-0.39, 0.29) is 0 Å². The molecule has 0 aliphatic carbocycles. The number of rotatable bonds is 7. The van der Waals surface area contributed by atoms with E-state index in [0.29, 0.717) is 5.75 Å². The van der Waals surface area contributed by atoms with Crippen LogP contribution in [0.25, 0.3) is 60.6 Å². The first-order chi connectivity index (χ1) is 28.3. The van der Waals surface area contributed by atoms with Crippen molar-refractivity contribution in [1.29, 1.82) is 0 Å². The van der Waals surface area contributed by atoms with Gasteiger partial charge in [0.25, 0.3) is 5.69 Å². The molecule has 5 heterocycles. The van der Waals surface area contributed by atoms with Crippen molar-refractivity contribution in [3.8, 4) is 39.6 Å². The number of hydrogen-bond donors (Lipinski definition) is 0. The van der Waals surface area contributed by atoms with Gasteiger partial charge in [0, 0.05) is 60.0 Å². The molecule has 7 nitrogen and oxygen atoms in total. The van der Waals surface area contributed by atoms with Gasteiger partial charge in [0.05, 0.1) is 33.6 Å². The smallest absolute Gasteiger partial charge is 0.457 e. The highest BCUT2D eigenvalue weighted by Gasteiger charge is 2.41. The number of benzene rings is 6. The van der Waals surface area contributed by atoms with Gasteiger partial charge in [-0.15, -0.1) is 0 Å². The molecule has 0 saturated heterocycles. The zero-order valence-corrected chi connectivity index (χ0v) is 30.6. The number of hydrogen-bond acceptors (Lipinski definition) is 4. The number of para-hydroxylation sites is 2. The van der Waals surface area contributed by atoms with Crippen molar-refractivity contribution < 1.29 is 4.74 Å². The lowest BCUT2D eigenvalue weighted by atomic mass is 9.96. The van der Waals surface area contributed by atoms with E-state index in [1.165, 1.54) is 5.39 Å². The molecule has 1 aliphatic rings. The summed E-state index contributed by atoms with van der Waals surface area (Å²) in [5, 5.41) is 4.58. The molecular weight excluding hydrogens is 701 g/mol. The van der Waals surface area contributed by atoms with Crippen LogP contribution in [0.2, 0.25) is 0 Å². The number of nitrogens with zero attached hydrogens (tertiary/aromatic N) is 6. The molecule has 7 heteroatoms. The Balaban J connectivity index is 1.09. The predicted molar refractivity (Wildman–Crippen MR) is 230 cm³/mol. The molecule has 6 aromatic carbocycles. The number of pyridine rings is 3. The third kappa shape index (κ3) is 5.49. The van der Waals surface area contributed by atoms with Gasteiger partial charge < -0.3 is 4.74 Å². The maximum absolute atomic E-state index is 6.68. The van der Waals surface area contributed by atoms with E-state index in [1.807, 2.05) is 67.4 Å². The largest absolute Gasteiger partial charge is 0.503 e. The Labute approximate surface area is 328 Å². The average Bonchev–Trinajstić information content (AvgIpc) is 3.83. The van der Waals surface area contributed by atoms with Crippen molar-refractivity contribution >= 4 is 61.3 Å². The molecule has 0 fully saturated rings. The fourth-order valence-corrected chi connectivity index (χ4v) is 8.10. The molecule has 0 bridgehead atoms. The minimum Gasteiger partial charge on any atom is -0.457 e. The first-order valence-corrected chi connectivity index (χ1v) is 18.8. The Hall–Kier alpha value is -7.99. The van der Waals surface area contributed by atoms with Gasteiger partial charge in [-0.2, -0.15) is 0 Å². The Morgan fingerprint density at radius 2 is 1.16 bits per heavy atom. The third-order valence-electron chi connectivity index (χ3n) is 10.6. The lowest BCUT2D eigenvalue weighted by Crippen LogP contribution is -2.05.